The third-order valence-electron chi connectivity index (χ3n) is 4.70. The second-order valence-corrected chi connectivity index (χ2v) is 6.51. The lowest BCUT2D eigenvalue weighted by atomic mass is 9.90. The number of hydrogen-bond donors (Lipinski definition) is 1. The van der Waals surface area contributed by atoms with E-state index in [0.717, 1.165) is 19.5 Å². The smallest absolute Gasteiger partial charge is 0.225 e. The molecule has 0 saturated carbocycles. The van der Waals surface area contributed by atoms with Gasteiger partial charge in [0, 0.05) is 33.4 Å². The van der Waals surface area contributed by atoms with Crippen LogP contribution in [0.5, 0.6) is 0 Å². The fourth-order valence-corrected chi connectivity index (χ4v) is 3.35. The van der Waals surface area contributed by atoms with Gasteiger partial charge in [-0.1, -0.05) is 60.7 Å². The van der Waals surface area contributed by atoms with Crippen LogP contribution in [0, 0.1) is 5.92 Å². The number of carbonyl (C=O) groups excluding carboxylic acids is 1. The molecule has 0 radical (unpaired) electrons. The lowest BCUT2D eigenvalue weighted by Gasteiger charge is -2.44. The summed E-state index contributed by atoms with van der Waals surface area (Å²) < 4.78 is 5.01. The summed E-state index contributed by atoms with van der Waals surface area (Å²) >= 11 is 0. The van der Waals surface area contributed by atoms with E-state index in [2.05, 4.69) is 58.7 Å². The Morgan fingerprint density at radius 1 is 1.08 bits per heavy atom. The molecule has 2 aromatic carbocycles. The van der Waals surface area contributed by atoms with E-state index in [1.165, 1.54) is 11.1 Å². The van der Waals surface area contributed by atoms with Crippen molar-refractivity contribution in [2.75, 3.05) is 33.4 Å². The Morgan fingerprint density at radius 3 is 2.16 bits per heavy atom. The van der Waals surface area contributed by atoms with Gasteiger partial charge in [-0.2, -0.15) is 0 Å². The summed E-state index contributed by atoms with van der Waals surface area (Å²) in [5.74, 6) is 0.240. The molecule has 1 amide bonds. The summed E-state index contributed by atoms with van der Waals surface area (Å²) in [6, 6.07) is 21.2. The molecule has 0 bridgehead atoms. The number of rotatable bonds is 8. The highest BCUT2D eigenvalue weighted by molar-refractivity contribution is 5.80. The Hall–Kier alpha value is -2.17. The molecule has 0 atom stereocenters. The van der Waals surface area contributed by atoms with Crippen LogP contribution in [0.15, 0.2) is 60.7 Å². The maximum atomic E-state index is 12.3. The Morgan fingerprint density at radius 2 is 1.64 bits per heavy atom. The molecule has 1 N–H and O–H groups in total. The van der Waals surface area contributed by atoms with E-state index in [4.69, 9.17) is 4.74 Å². The molecule has 1 fully saturated rings. The molecular weight excluding hydrogens is 312 g/mol. The molecule has 132 valence electrons. The van der Waals surface area contributed by atoms with Crippen molar-refractivity contribution in [2.24, 2.45) is 5.92 Å². The Balaban J connectivity index is 1.62. The van der Waals surface area contributed by atoms with Crippen LogP contribution < -0.4 is 5.32 Å². The Kier molecular flexibility index (Phi) is 6.20. The molecule has 4 heteroatoms. The normalized spacial score (nSPS) is 15.1. The van der Waals surface area contributed by atoms with Crippen LogP contribution in [0.2, 0.25) is 0 Å². The number of nitrogens with zero attached hydrogens (tertiary/aromatic N) is 1. The minimum atomic E-state index is 0.0810. The van der Waals surface area contributed by atoms with Gasteiger partial charge in [0.1, 0.15) is 0 Å². The van der Waals surface area contributed by atoms with E-state index in [9.17, 15) is 4.79 Å². The van der Waals surface area contributed by atoms with Crippen LogP contribution in [0.3, 0.4) is 0 Å². The third kappa shape index (κ3) is 4.47. The molecule has 4 nitrogen and oxygen atoms in total. The van der Waals surface area contributed by atoms with E-state index in [1.54, 1.807) is 7.11 Å². The first-order valence-corrected chi connectivity index (χ1v) is 8.90. The molecule has 0 aliphatic carbocycles. The summed E-state index contributed by atoms with van der Waals surface area (Å²) in [4.78, 5) is 14.6. The fraction of sp³-hybridized carbons (Fsp3) is 0.381. The van der Waals surface area contributed by atoms with E-state index >= 15 is 0 Å². The lowest BCUT2D eigenvalue weighted by Crippen LogP contribution is -2.54. The second-order valence-electron chi connectivity index (χ2n) is 6.51. The molecule has 3 rings (SSSR count). The minimum absolute atomic E-state index is 0.0810. The van der Waals surface area contributed by atoms with Gasteiger partial charge >= 0.3 is 0 Å². The number of nitrogens with one attached hydrogen (secondary N) is 1. The molecule has 1 aliphatic rings. The molecule has 0 unspecified atom stereocenters. The molecule has 1 aliphatic heterocycles. The number of ether oxygens (including phenoxy) is 1. The van der Waals surface area contributed by atoms with E-state index in [-0.39, 0.29) is 17.9 Å². The first kappa shape index (κ1) is 17.6. The highest BCUT2D eigenvalue weighted by Crippen LogP contribution is 2.34. The Labute approximate surface area is 149 Å². The number of hydrogen-bond acceptors (Lipinski definition) is 3. The van der Waals surface area contributed by atoms with Crippen LogP contribution in [-0.4, -0.2) is 44.2 Å². The van der Waals surface area contributed by atoms with Gasteiger partial charge in [0.25, 0.3) is 0 Å². The number of benzene rings is 2. The van der Waals surface area contributed by atoms with Crippen molar-refractivity contribution in [3.05, 3.63) is 71.8 Å². The second kappa shape index (κ2) is 8.79. The number of amides is 1. The van der Waals surface area contributed by atoms with Crippen molar-refractivity contribution >= 4 is 5.91 Å². The summed E-state index contributed by atoms with van der Waals surface area (Å²) in [5.41, 5.74) is 2.54. The highest BCUT2D eigenvalue weighted by Gasteiger charge is 2.37. The van der Waals surface area contributed by atoms with Gasteiger partial charge in [-0.3, -0.25) is 9.69 Å². The van der Waals surface area contributed by atoms with Crippen molar-refractivity contribution in [2.45, 2.75) is 12.5 Å². The van der Waals surface area contributed by atoms with E-state index < -0.39 is 0 Å². The SMILES string of the molecule is COCCCNC(=O)C1CN(C(c2ccccc2)c2ccccc2)C1. The largest absolute Gasteiger partial charge is 0.385 e. The van der Waals surface area contributed by atoms with Crippen molar-refractivity contribution in [1.29, 1.82) is 0 Å². The fourth-order valence-electron chi connectivity index (χ4n) is 3.35. The molecule has 0 spiro atoms. The van der Waals surface area contributed by atoms with Gasteiger partial charge in [-0.05, 0) is 17.5 Å². The van der Waals surface area contributed by atoms with Gasteiger partial charge in [-0.15, -0.1) is 0 Å². The quantitative estimate of drug-likeness (QED) is 0.753. The molecule has 2 aromatic rings. The molecule has 1 heterocycles. The predicted octanol–water partition coefficient (Wildman–Crippen LogP) is 2.86. The van der Waals surface area contributed by atoms with Crippen molar-refractivity contribution in [3.8, 4) is 0 Å². The monoisotopic (exact) mass is 338 g/mol. The highest BCUT2D eigenvalue weighted by atomic mass is 16.5. The first-order chi connectivity index (χ1) is 12.3. The standard InChI is InChI=1S/C21H26N2O2/c1-25-14-8-13-22-21(24)19-15-23(16-19)20(17-9-4-2-5-10-17)18-11-6-3-7-12-18/h2-7,9-12,19-20H,8,13-16H2,1H3,(H,22,24). The van der Waals surface area contributed by atoms with E-state index in [1.807, 2.05) is 12.1 Å². The van der Waals surface area contributed by atoms with Crippen LogP contribution in [0.4, 0.5) is 0 Å². The van der Waals surface area contributed by atoms with Crippen LogP contribution in [0.25, 0.3) is 0 Å². The Bertz CT molecular complexity index is 615. The van der Waals surface area contributed by atoms with Crippen molar-refractivity contribution in [1.82, 2.24) is 10.2 Å². The summed E-state index contributed by atoms with van der Waals surface area (Å²) in [6.07, 6.45) is 0.856. The van der Waals surface area contributed by atoms with Crippen molar-refractivity contribution < 1.29 is 9.53 Å². The van der Waals surface area contributed by atoms with Crippen molar-refractivity contribution in [3.63, 3.8) is 0 Å². The molecule has 1 saturated heterocycles. The van der Waals surface area contributed by atoms with E-state index in [0.29, 0.717) is 13.2 Å². The molecular formula is C21H26N2O2. The number of carbonyl (C=O) groups is 1. The average Bonchev–Trinajstić information content (AvgIpc) is 2.62. The zero-order chi connectivity index (χ0) is 17.5. The van der Waals surface area contributed by atoms with Crippen LogP contribution >= 0.6 is 0 Å². The topological polar surface area (TPSA) is 41.6 Å². The van der Waals surface area contributed by atoms with Crippen LogP contribution in [-0.2, 0) is 9.53 Å². The van der Waals surface area contributed by atoms with Gasteiger partial charge in [0.2, 0.25) is 5.91 Å². The summed E-state index contributed by atoms with van der Waals surface area (Å²) in [5, 5.41) is 3.01. The van der Waals surface area contributed by atoms with Gasteiger partial charge in [0.05, 0.1) is 12.0 Å². The summed E-state index contributed by atoms with van der Waals surface area (Å²) in [7, 11) is 1.68. The number of likely N-dealkylation sites (tertiary alicyclic amines) is 1. The van der Waals surface area contributed by atoms with Gasteiger partial charge in [0.15, 0.2) is 0 Å². The average molecular weight is 338 g/mol. The predicted molar refractivity (Wildman–Crippen MR) is 99.3 cm³/mol. The maximum absolute atomic E-state index is 12.3. The number of methoxy groups -OCH3 is 1. The molecule has 0 aromatic heterocycles. The maximum Gasteiger partial charge on any atom is 0.225 e. The van der Waals surface area contributed by atoms with Gasteiger partial charge in [-0.25, -0.2) is 0 Å². The lowest BCUT2D eigenvalue weighted by molar-refractivity contribution is -0.131. The zero-order valence-electron chi connectivity index (χ0n) is 14.7. The van der Waals surface area contributed by atoms with Crippen LogP contribution in [0.1, 0.15) is 23.6 Å². The van der Waals surface area contributed by atoms with Gasteiger partial charge < -0.3 is 10.1 Å². The molecule has 25 heavy (non-hydrogen) atoms. The first-order valence-electron chi connectivity index (χ1n) is 8.90. The third-order valence-corrected chi connectivity index (χ3v) is 4.70. The minimum Gasteiger partial charge on any atom is -0.385 e. The zero-order valence-corrected chi connectivity index (χ0v) is 14.7. The summed E-state index contributed by atoms with van der Waals surface area (Å²) in [6.45, 7) is 2.96.